The summed E-state index contributed by atoms with van der Waals surface area (Å²) >= 11 is 0. The Hall–Kier alpha value is -9.99. The van der Waals surface area contributed by atoms with E-state index in [9.17, 15) is 14.4 Å². The highest BCUT2D eigenvalue weighted by atomic mass is 16.5. The maximum absolute atomic E-state index is 11.4. The Labute approximate surface area is 481 Å². The number of hydrogen-bond donors (Lipinski definition) is 0. The molecule has 0 fully saturated rings. The normalized spacial score (nSPS) is 11.8. The van der Waals surface area contributed by atoms with Crippen LogP contribution in [-0.2, 0) is 25.2 Å². The first-order valence-electron chi connectivity index (χ1n) is 26.9. The standard InChI is InChI=1S/C28H24O3.C23H22O3.C22H20O3/c1-21(29)31-27-19-15-25(16-20-27)28(22-9-5-3-6-10-22,23-11-7-4-8-12-23)24-13-17-26(30-2)18-14-24;1-17(24)26-22-15-11-20(12-16-22)23(2,18-7-5-4-6-8-18)19-9-13-21(25-3)14-10-19;1-16(23)25-21-14-10-19(11-15-21)22(17-6-4-3-5-7-17)18-8-12-20(24-2)13-9-18/h3-20H,1-2H3;4-16H,1-3H3;3-15,22H,1-2H3. The van der Waals surface area contributed by atoms with Crippen LogP contribution < -0.4 is 28.4 Å². The van der Waals surface area contributed by atoms with Crippen molar-refractivity contribution in [3.63, 3.8) is 0 Å². The van der Waals surface area contributed by atoms with Crippen molar-refractivity contribution in [1.82, 2.24) is 0 Å². The van der Waals surface area contributed by atoms with E-state index in [-0.39, 0.29) is 29.2 Å². The minimum absolute atomic E-state index is 0.0958. The summed E-state index contributed by atoms with van der Waals surface area (Å²) in [6, 6.07) is 89.1. The summed E-state index contributed by atoms with van der Waals surface area (Å²) in [4.78, 5) is 33.7. The lowest BCUT2D eigenvalue weighted by molar-refractivity contribution is -0.132. The number of methoxy groups -OCH3 is 3. The van der Waals surface area contributed by atoms with Crippen molar-refractivity contribution in [3.8, 4) is 34.5 Å². The first-order valence-corrected chi connectivity index (χ1v) is 26.9. The van der Waals surface area contributed by atoms with Gasteiger partial charge in [-0.25, -0.2) is 0 Å². The molecule has 0 aliphatic heterocycles. The number of carbonyl (C=O) groups excluding carboxylic acids is 3. The topological polar surface area (TPSA) is 107 Å². The van der Waals surface area contributed by atoms with Crippen LogP contribution in [0.3, 0.4) is 0 Å². The van der Waals surface area contributed by atoms with Crippen molar-refractivity contribution in [2.75, 3.05) is 21.3 Å². The summed E-state index contributed by atoms with van der Waals surface area (Å²) in [7, 11) is 5.00. The lowest BCUT2D eigenvalue weighted by atomic mass is 9.65. The van der Waals surface area contributed by atoms with Crippen molar-refractivity contribution in [2.45, 2.75) is 44.4 Å². The molecule has 0 bridgehead atoms. The molecule has 10 rings (SSSR count). The lowest BCUT2D eigenvalue weighted by Gasteiger charge is -2.37. The Balaban J connectivity index is 0.000000162. The van der Waals surface area contributed by atoms with E-state index in [1.165, 1.54) is 37.5 Å². The Kier molecular flexibility index (Phi) is 19.7. The highest BCUT2D eigenvalue weighted by molar-refractivity contribution is 5.71. The molecule has 9 nitrogen and oxygen atoms in total. The van der Waals surface area contributed by atoms with Gasteiger partial charge in [-0.2, -0.15) is 0 Å². The summed E-state index contributed by atoms with van der Waals surface area (Å²) in [6.45, 7) is 6.41. The van der Waals surface area contributed by atoms with Crippen molar-refractivity contribution in [2.24, 2.45) is 0 Å². The van der Waals surface area contributed by atoms with Crippen molar-refractivity contribution in [3.05, 3.63) is 323 Å². The zero-order valence-electron chi connectivity index (χ0n) is 47.2. The van der Waals surface area contributed by atoms with Gasteiger partial charge in [-0.3, -0.25) is 14.4 Å². The minimum Gasteiger partial charge on any atom is -0.497 e. The second-order valence-electron chi connectivity index (χ2n) is 19.4. The number of carbonyl (C=O) groups is 3. The summed E-state index contributed by atoms with van der Waals surface area (Å²) in [5.41, 5.74) is 10.5. The molecule has 0 N–H and O–H groups in total. The van der Waals surface area contributed by atoms with Gasteiger partial charge in [0.15, 0.2) is 0 Å². The van der Waals surface area contributed by atoms with E-state index in [4.69, 9.17) is 28.4 Å². The predicted molar refractivity (Wildman–Crippen MR) is 323 cm³/mol. The van der Waals surface area contributed by atoms with Crippen LogP contribution in [0.25, 0.3) is 0 Å². The van der Waals surface area contributed by atoms with Gasteiger partial charge in [0, 0.05) is 32.1 Å². The van der Waals surface area contributed by atoms with Gasteiger partial charge in [0.05, 0.1) is 26.7 Å². The Morgan fingerprint density at radius 1 is 0.280 bits per heavy atom. The SMILES string of the molecule is COc1ccc(C(C)(c2ccccc2)c2ccc(OC(C)=O)cc2)cc1.COc1ccc(C(c2ccccc2)(c2ccccc2)c2ccc(OC(C)=O)cc2)cc1.COc1ccc(C(c2ccccc2)c2ccc(OC(C)=O)cc2)cc1. The van der Waals surface area contributed by atoms with E-state index in [2.05, 4.69) is 116 Å². The molecule has 0 heterocycles. The lowest BCUT2D eigenvalue weighted by Crippen LogP contribution is -2.31. The number of benzene rings is 10. The molecule has 0 aliphatic carbocycles. The maximum atomic E-state index is 11.4. The van der Waals surface area contributed by atoms with E-state index in [0.717, 1.165) is 56.2 Å². The minimum atomic E-state index is -0.552. The van der Waals surface area contributed by atoms with Gasteiger partial charge in [0.25, 0.3) is 0 Å². The van der Waals surface area contributed by atoms with Crippen molar-refractivity contribution < 1.29 is 42.8 Å². The third kappa shape index (κ3) is 14.1. The third-order valence-electron chi connectivity index (χ3n) is 14.3. The molecule has 0 aromatic heterocycles. The van der Waals surface area contributed by atoms with Crippen LogP contribution in [0.15, 0.2) is 267 Å². The second-order valence-corrected chi connectivity index (χ2v) is 19.4. The number of hydrogen-bond acceptors (Lipinski definition) is 9. The monoisotopic (exact) mass is 1090 g/mol. The van der Waals surface area contributed by atoms with Gasteiger partial charge < -0.3 is 28.4 Å². The van der Waals surface area contributed by atoms with Gasteiger partial charge >= 0.3 is 17.9 Å². The Morgan fingerprint density at radius 2 is 0.500 bits per heavy atom. The highest BCUT2D eigenvalue weighted by Crippen LogP contribution is 2.46. The molecule has 0 spiro atoms. The van der Waals surface area contributed by atoms with Gasteiger partial charge in [-0.1, -0.05) is 194 Å². The van der Waals surface area contributed by atoms with Crippen molar-refractivity contribution in [1.29, 1.82) is 0 Å². The van der Waals surface area contributed by atoms with Crippen LogP contribution >= 0.6 is 0 Å². The average molecular weight is 1090 g/mol. The second kappa shape index (κ2) is 27.7. The van der Waals surface area contributed by atoms with Crippen molar-refractivity contribution >= 4 is 17.9 Å². The van der Waals surface area contributed by atoms with Crippen LogP contribution in [0.2, 0.25) is 0 Å². The fourth-order valence-electron chi connectivity index (χ4n) is 10.3. The zero-order chi connectivity index (χ0) is 57.9. The van der Waals surface area contributed by atoms with E-state index >= 15 is 0 Å². The summed E-state index contributed by atoms with van der Waals surface area (Å²) in [6.07, 6.45) is 0. The van der Waals surface area contributed by atoms with Crippen LogP contribution in [0, 0.1) is 0 Å². The smallest absolute Gasteiger partial charge is 0.308 e. The number of esters is 3. The van der Waals surface area contributed by atoms with E-state index in [1.807, 2.05) is 158 Å². The molecule has 2 atom stereocenters. The molecule has 2 unspecified atom stereocenters. The molecule has 10 aromatic rings. The predicted octanol–water partition coefficient (Wildman–Crippen LogP) is 15.8. The summed E-state index contributed by atoms with van der Waals surface area (Å²) in [5, 5.41) is 0. The number of ether oxygens (including phenoxy) is 6. The molecule has 0 aliphatic rings. The van der Waals surface area contributed by atoms with Crippen LogP contribution in [0.4, 0.5) is 0 Å². The molecular weight excluding hydrogens is 1020 g/mol. The molecule has 0 saturated heterocycles. The molecule has 0 saturated carbocycles. The van der Waals surface area contributed by atoms with E-state index in [1.54, 1.807) is 21.3 Å². The quantitative estimate of drug-likeness (QED) is 0.0531. The van der Waals surface area contributed by atoms with Crippen LogP contribution in [0.1, 0.15) is 89.2 Å². The van der Waals surface area contributed by atoms with Gasteiger partial charge in [0.2, 0.25) is 0 Å². The number of rotatable bonds is 16. The first-order chi connectivity index (χ1) is 39.8. The Bertz CT molecular complexity index is 3550. The van der Waals surface area contributed by atoms with Crippen LogP contribution in [0.5, 0.6) is 34.5 Å². The maximum Gasteiger partial charge on any atom is 0.308 e. The fraction of sp³-hybridized carbons (Fsp3) is 0.137. The third-order valence-corrected chi connectivity index (χ3v) is 14.3. The van der Waals surface area contributed by atoms with Gasteiger partial charge in [0.1, 0.15) is 34.5 Å². The zero-order valence-corrected chi connectivity index (χ0v) is 47.2. The molecule has 0 amide bonds. The summed E-state index contributed by atoms with van der Waals surface area (Å²) in [5.74, 6) is 3.23. The van der Waals surface area contributed by atoms with E-state index in [0.29, 0.717) is 17.2 Å². The average Bonchev–Trinajstić information content (AvgIpc) is 3.61. The fourth-order valence-corrected chi connectivity index (χ4v) is 10.3. The Morgan fingerprint density at radius 3 is 0.805 bits per heavy atom. The first kappa shape index (κ1) is 58.2. The summed E-state index contributed by atoms with van der Waals surface area (Å²) < 4.78 is 31.5. The molecule has 0 radical (unpaired) electrons. The molecule has 9 heteroatoms. The van der Waals surface area contributed by atoms with Crippen LogP contribution in [-0.4, -0.2) is 39.2 Å². The highest BCUT2D eigenvalue weighted by Gasteiger charge is 2.38. The van der Waals surface area contributed by atoms with E-state index < -0.39 is 5.41 Å². The molecule has 82 heavy (non-hydrogen) atoms. The largest absolute Gasteiger partial charge is 0.497 e. The molecular formula is C73H66O9. The molecule has 10 aromatic carbocycles. The molecule has 412 valence electrons. The van der Waals surface area contributed by atoms with Gasteiger partial charge in [-0.15, -0.1) is 0 Å². The van der Waals surface area contributed by atoms with Gasteiger partial charge in [-0.05, 0) is 135 Å².